The van der Waals surface area contributed by atoms with Crippen molar-refractivity contribution >= 4 is 17.3 Å². The number of phenolic OH excluding ortho intramolecular Hbond substituents is 2. The number of carbonyl (C=O) groups excluding carboxylic acids is 3. The Kier molecular flexibility index (Phi) is 8.38. The van der Waals surface area contributed by atoms with E-state index in [9.17, 15) is 34.8 Å². The zero-order chi connectivity index (χ0) is 31.4. The number of hydrogen-bond acceptors (Lipinski definition) is 12. The Bertz CT molecular complexity index is 1470. The second-order valence-corrected chi connectivity index (χ2v) is 11.3. The van der Waals surface area contributed by atoms with Crippen LogP contribution in [0.1, 0.15) is 89.6 Å². The second-order valence-electron chi connectivity index (χ2n) is 11.3. The van der Waals surface area contributed by atoms with Crippen LogP contribution in [0.4, 0.5) is 0 Å². The van der Waals surface area contributed by atoms with Gasteiger partial charge < -0.3 is 39.4 Å². The standard InChI is InChI=1S/C31H37NO11/c1-6-41-15(4)32-18-10-21(42-13(2)26(18)34)43-20-12-31(39,14(3)33)11-17-23(20)30(38)25-24(28(17)36)27(35)16-8-7-9-19(40-5)22(16)29(25)37/h7-9,13,15,18,20-21,26,32,34,36,38-39H,6,10-12H2,1-5H3/t13?,15?,18?,20-,21?,26?,31-/m0/s1. The van der Waals surface area contributed by atoms with Crippen molar-refractivity contribution < 1.29 is 53.8 Å². The van der Waals surface area contributed by atoms with E-state index >= 15 is 0 Å². The lowest BCUT2D eigenvalue weighted by Crippen LogP contribution is -2.56. The third kappa shape index (κ3) is 5.22. The maximum atomic E-state index is 13.8. The van der Waals surface area contributed by atoms with Crippen molar-refractivity contribution in [2.75, 3.05) is 13.7 Å². The molecule has 232 valence electrons. The summed E-state index contributed by atoms with van der Waals surface area (Å²) >= 11 is 0. The average Bonchev–Trinajstić information content (AvgIpc) is 2.95. The molecule has 7 atom stereocenters. The maximum Gasteiger partial charge on any atom is 0.202 e. The molecule has 0 aromatic heterocycles. The third-order valence-corrected chi connectivity index (χ3v) is 8.62. The molecule has 2 aromatic carbocycles. The largest absolute Gasteiger partial charge is 0.507 e. The number of benzene rings is 2. The van der Waals surface area contributed by atoms with Gasteiger partial charge in [0.05, 0.1) is 42.1 Å². The van der Waals surface area contributed by atoms with Gasteiger partial charge in [-0.1, -0.05) is 12.1 Å². The van der Waals surface area contributed by atoms with Gasteiger partial charge in [-0.3, -0.25) is 19.7 Å². The Morgan fingerprint density at radius 2 is 1.86 bits per heavy atom. The molecule has 0 radical (unpaired) electrons. The molecule has 12 heteroatoms. The highest BCUT2D eigenvalue weighted by atomic mass is 16.7. The summed E-state index contributed by atoms with van der Waals surface area (Å²) in [4.78, 5) is 40.1. The number of phenols is 2. The zero-order valence-corrected chi connectivity index (χ0v) is 24.7. The number of aliphatic hydroxyl groups is 2. The summed E-state index contributed by atoms with van der Waals surface area (Å²) in [6.07, 6.45) is -4.83. The molecule has 0 amide bonds. The molecule has 1 aliphatic heterocycles. The fourth-order valence-electron chi connectivity index (χ4n) is 6.39. The van der Waals surface area contributed by atoms with Crippen LogP contribution in [0.15, 0.2) is 18.2 Å². The van der Waals surface area contributed by atoms with Crippen molar-refractivity contribution in [2.24, 2.45) is 0 Å². The molecular weight excluding hydrogens is 562 g/mol. The van der Waals surface area contributed by atoms with E-state index in [1.807, 2.05) is 6.92 Å². The fourth-order valence-corrected chi connectivity index (χ4v) is 6.39. The van der Waals surface area contributed by atoms with E-state index in [0.717, 1.165) is 0 Å². The topological polar surface area (TPSA) is 181 Å². The van der Waals surface area contributed by atoms with Gasteiger partial charge >= 0.3 is 0 Å². The summed E-state index contributed by atoms with van der Waals surface area (Å²) in [6, 6.07) is 3.94. The van der Waals surface area contributed by atoms with Crippen LogP contribution >= 0.6 is 0 Å². The number of rotatable bonds is 8. The second kappa shape index (κ2) is 11.6. The number of nitrogens with one attached hydrogen (secondary N) is 1. The minimum Gasteiger partial charge on any atom is -0.507 e. The normalized spacial score (nSPS) is 29.0. The number of aliphatic hydroxyl groups excluding tert-OH is 1. The number of hydrogen-bond donors (Lipinski definition) is 5. The molecule has 0 saturated carbocycles. The molecule has 3 aliphatic rings. The quantitative estimate of drug-likeness (QED) is 0.188. The smallest absolute Gasteiger partial charge is 0.202 e. The highest BCUT2D eigenvalue weighted by Crippen LogP contribution is 2.52. The number of carbonyl (C=O) groups is 3. The van der Waals surface area contributed by atoms with E-state index < -0.39 is 82.6 Å². The van der Waals surface area contributed by atoms with Crippen molar-refractivity contribution in [3.8, 4) is 17.2 Å². The monoisotopic (exact) mass is 599 g/mol. The Morgan fingerprint density at radius 1 is 1.16 bits per heavy atom. The van der Waals surface area contributed by atoms with Gasteiger partial charge in [-0.15, -0.1) is 0 Å². The lowest BCUT2D eigenvalue weighted by Gasteiger charge is -2.43. The van der Waals surface area contributed by atoms with Crippen molar-refractivity contribution in [1.82, 2.24) is 5.32 Å². The molecule has 12 nitrogen and oxygen atoms in total. The summed E-state index contributed by atoms with van der Waals surface area (Å²) in [5.74, 6) is -3.16. The number of aromatic hydroxyl groups is 2. The number of Topliss-reactive ketones (excluding diaryl/α,β-unsaturated/α-hetero) is 1. The summed E-state index contributed by atoms with van der Waals surface area (Å²) in [6.45, 7) is 6.95. The molecule has 5 unspecified atom stereocenters. The van der Waals surface area contributed by atoms with Gasteiger partial charge in [0.1, 0.15) is 29.1 Å². The predicted molar refractivity (Wildman–Crippen MR) is 150 cm³/mol. The fraction of sp³-hybridized carbons (Fsp3) is 0.516. The van der Waals surface area contributed by atoms with Gasteiger partial charge in [-0.05, 0) is 33.8 Å². The number of ether oxygens (including phenoxy) is 4. The van der Waals surface area contributed by atoms with Crippen LogP contribution in [-0.4, -0.2) is 87.9 Å². The molecule has 1 heterocycles. The molecule has 1 fully saturated rings. The summed E-state index contributed by atoms with van der Waals surface area (Å²) in [7, 11) is 1.35. The summed E-state index contributed by atoms with van der Waals surface area (Å²) in [5, 5.41) is 48.4. The van der Waals surface area contributed by atoms with Crippen molar-refractivity contribution in [3.05, 3.63) is 51.6 Å². The lowest BCUT2D eigenvalue weighted by atomic mass is 9.72. The summed E-state index contributed by atoms with van der Waals surface area (Å²) in [5.41, 5.74) is -3.04. The Morgan fingerprint density at radius 3 is 2.51 bits per heavy atom. The Labute approximate surface area is 248 Å². The lowest BCUT2D eigenvalue weighted by molar-refractivity contribution is -0.251. The van der Waals surface area contributed by atoms with Crippen LogP contribution in [0.3, 0.4) is 0 Å². The first-order valence-electron chi connectivity index (χ1n) is 14.3. The molecule has 2 aliphatic carbocycles. The van der Waals surface area contributed by atoms with E-state index in [4.69, 9.17) is 18.9 Å². The van der Waals surface area contributed by atoms with Crippen molar-refractivity contribution in [2.45, 2.75) is 89.4 Å². The van der Waals surface area contributed by atoms with Crippen LogP contribution in [0.2, 0.25) is 0 Å². The first kappa shape index (κ1) is 31.0. The molecule has 5 N–H and O–H groups in total. The highest BCUT2D eigenvalue weighted by molar-refractivity contribution is 6.31. The maximum absolute atomic E-state index is 13.8. The van der Waals surface area contributed by atoms with E-state index in [1.54, 1.807) is 13.8 Å². The molecule has 43 heavy (non-hydrogen) atoms. The SMILES string of the molecule is CCOC(C)NC1CC(O[C@H]2C[C@](O)(C(C)=O)Cc3c(O)c4c(c(O)c32)C(=O)c2c(OC)cccc2C4=O)OC(C)C1O. The minimum absolute atomic E-state index is 0.0140. The molecular formula is C31H37NO11. The van der Waals surface area contributed by atoms with Gasteiger partial charge in [0.15, 0.2) is 17.9 Å². The first-order valence-corrected chi connectivity index (χ1v) is 14.3. The average molecular weight is 600 g/mol. The van der Waals surface area contributed by atoms with Crippen LogP contribution in [0, 0.1) is 0 Å². The van der Waals surface area contributed by atoms with Gasteiger partial charge in [-0.2, -0.15) is 0 Å². The molecule has 0 spiro atoms. The molecule has 1 saturated heterocycles. The van der Waals surface area contributed by atoms with Gasteiger partial charge in [-0.25, -0.2) is 0 Å². The van der Waals surface area contributed by atoms with Crippen LogP contribution < -0.4 is 10.1 Å². The first-order chi connectivity index (χ1) is 20.3. The van der Waals surface area contributed by atoms with Crippen LogP contribution in [0.5, 0.6) is 17.2 Å². The molecule has 2 aromatic rings. The van der Waals surface area contributed by atoms with Crippen molar-refractivity contribution in [3.63, 3.8) is 0 Å². The van der Waals surface area contributed by atoms with E-state index in [0.29, 0.717) is 6.61 Å². The number of ketones is 3. The predicted octanol–water partition coefficient (Wildman–Crippen LogP) is 2.04. The van der Waals surface area contributed by atoms with E-state index in [-0.39, 0.29) is 47.1 Å². The molecule has 0 bridgehead atoms. The van der Waals surface area contributed by atoms with Gasteiger partial charge in [0.25, 0.3) is 0 Å². The number of fused-ring (bicyclic) bond motifs is 3. The van der Waals surface area contributed by atoms with E-state index in [1.165, 1.54) is 32.2 Å². The highest BCUT2D eigenvalue weighted by Gasteiger charge is 2.49. The van der Waals surface area contributed by atoms with Crippen molar-refractivity contribution in [1.29, 1.82) is 0 Å². The minimum atomic E-state index is -2.01. The Hall–Kier alpha value is -3.39. The van der Waals surface area contributed by atoms with Gasteiger partial charge in [0.2, 0.25) is 5.78 Å². The van der Waals surface area contributed by atoms with Crippen LogP contribution in [-0.2, 0) is 25.4 Å². The third-order valence-electron chi connectivity index (χ3n) is 8.62. The molecule has 5 rings (SSSR count). The van der Waals surface area contributed by atoms with E-state index in [2.05, 4.69) is 5.32 Å². The number of methoxy groups -OCH3 is 1. The zero-order valence-electron chi connectivity index (χ0n) is 24.7. The van der Waals surface area contributed by atoms with Gasteiger partial charge in [0, 0.05) is 48.6 Å². The summed E-state index contributed by atoms with van der Waals surface area (Å²) < 4.78 is 23.1. The van der Waals surface area contributed by atoms with Crippen LogP contribution in [0.25, 0.3) is 0 Å². The Balaban J connectivity index is 1.60.